The van der Waals surface area contributed by atoms with Crippen molar-refractivity contribution >= 4 is 11.8 Å². The number of amides is 2. The van der Waals surface area contributed by atoms with Crippen LogP contribution >= 0.6 is 0 Å². The number of imide groups is 1. The largest absolute Gasteiger partial charge is 0.275 e. The molecule has 0 aromatic rings. The molecular weight excluding hydrogens is 166 g/mol. The fraction of sp³-hybridized carbons (Fsp3) is 0.600. The van der Waals surface area contributed by atoms with Crippen molar-refractivity contribution in [3.8, 4) is 0 Å². The van der Waals surface area contributed by atoms with Gasteiger partial charge in [-0.25, -0.2) is 0 Å². The zero-order chi connectivity index (χ0) is 9.26. The van der Waals surface area contributed by atoms with Gasteiger partial charge in [0.1, 0.15) is 0 Å². The van der Waals surface area contributed by atoms with E-state index in [1.165, 1.54) is 29.9 Å². The summed E-state index contributed by atoms with van der Waals surface area (Å²) < 4.78 is 0. The van der Waals surface area contributed by atoms with E-state index in [9.17, 15) is 9.59 Å². The lowest BCUT2D eigenvalue weighted by Crippen LogP contribution is -2.34. The molecule has 0 N–H and O–H groups in total. The molecule has 3 heteroatoms. The number of carbonyl (C=O) groups is 2. The Morgan fingerprint density at radius 1 is 1.15 bits per heavy atom. The van der Waals surface area contributed by atoms with Crippen LogP contribution in [0.5, 0.6) is 0 Å². The SMILES string of the molecule is O=C1C=CC(=O)N1CC1CCCC1. The Morgan fingerprint density at radius 2 is 1.69 bits per heavy atom. The lowest BCUT2D eigenvalue weighted by molar-refractivity contribution is -0.137. The highest BCUT2D eigenvalue weighted by molar-refractivity contribution is 6.12. The first kappa shape index (κ1) is 8.48. The summed E-state index contributed by atoms with van der Waals surface area (Å²) in [5.41, 5.74) is 0. The van der Waals surface area contributed by atoms with Gasteiger partial charge < -0.3 is 0 Å². The second kappa shape index (κ2) is 3.32. The summed E-state index contributed by atoms with van der Waals surface area (Å²) in [6.45, 7) is 0.630. The predicted molar refractivity (Wildman–Crippen MR) is 47.8 cm³/mol. The van der Waals surface area contributed by atoms with Crippen molar-refractivity contribution in [3.05, 3.63) is 12.2 Å². The van der Waals surface area contributed by atoms with E-state index in [4.69, 9.17) is 0 Å². The molecule has 3 nitrogen and oxygen atoms in total. The number of nitrogens with zero attached hydrogens (tertiary/aromatic N) is 1. The number of rotatable bonds is 2. The quantitative estimate of drug-likeness (QED) is 0.595. The van der Waals surface area contributed by atoms with Crippen LogP contribution in [-0.4, -0.2) is 23.3 Å². The smallest absolute Gasteiger partial charge is 0.253 e. The van der Waals surface area contributed by atoms with Crippen LogP contribution < -0.4 is 0 Å². The molecule has 0 atom stereocenters. The lowest BCUT2D eigenvalue weighted by atomic mass is 10.1. The van der Waals surface area contributed by atoms with Gasteiger partial charge in [0.25, 0.3) is 11.8 Å². The second-order valence-electron chi connectivity index (χ2n) is 3.77. The fourth-order valence-corrected chi connectivity index (χ4v) is 2.06. The van der Waals surface area contributed by atoms with Crippen LogP contribution in [0.3, 0.4) is 0 Å². The molecule has 0 aromatic carbocycles. The van der Waals surface area contributed by atoms with E-state index in [2.05, 4.69) is 0 Å². The summed E-state index contributed by atoms with van der Waals surface area (Å²) in [4.78, 5) is 23.7. The number of carbonyl (C=O) groups excluding carboxylic acids is 2. The van der Waals surface area contributed by atoms with Gasteiger partial charge >= 0.3 is 0 Å². The molecule has 70 valence electrons. The van der Waals surface area contributed by atoms with Crippen LogP contribution in [0.15, 0.2) is 12.2 Å². The summed E-state index contributed by atoms with van der Waals surface area (Å²) >= 11 is 0. The molecule has 1 heterocycles. The van der Waals surface area contributed by atoms with Crippen molar-refractivity contribution in [2.45, 2.75) is 25.7 Å². The van der Waals surface area contributed by atoms with Crippen LogP contribution in [0, 0.1) is 5.92 Å². The monoisotopic (exact) mass is 179 g/mol. The first-order valence-corrected chi connectivity index (χ1v) is 4.81. The van der Waals surface area contributed by atoms with Gasteiger partial charge in [-0.3, -0.25) is 14.5 Å². The topological polar surface area (TPSA) is 37.4 Å². The maximum Gasteiger partial charge on any atom is 0.253 e. The van der Waals surface area contributed by atoms with Gasteiger partial charge in [0.05, 0.1) is 0 Å². The molecule has 1 aliphatic carbocycles. The van der Waals surface area contributed by atoms with Gasteiger partial charge in [0.2, 0.25) is 0 Å². The molecule has 0 unspecified atom stereocenters. The minimum absolute atomic E-state index is 0.142. The molecule has 2 amide bonds. The van der Waals surface area contributed by atoms with Gasteiger partial charge in [-0.15, -0.1) is 0 Å². The number of hydrogen-bond donors (Lipinski definition) is 0. The average molecular weight is 179 g/mol. The zero-order valence-electron chi connectivity index (χ0n) is 7.53. The van der Waals surface area contributed by atoms with Crippen molar-refractivity contribution in [2.75, 3.05) is 6.54 Å². The molecule has 2 aliphatic rings. The molecular formula is C10H13NO2. The molecule has 1 aliphatic heterocycles. The summed E-state index contributed by atoms with van der Waals surface area (Å²) in [5.74, 6) is 0.265. The summed E-state index contributed by atoms with van der Waals surface area (Å²) in [7, 11) is 0. The van der Waals surface area contributed by atoms with E-state index in [1.54, 1.807) is 0 Å². The fourth-order valence-electron chi connectivity index (χ4n) is 2.06. The van der Waals surface area contributed by atoms with E-state index in [1.807, 2.05) is 0 Å². The third-order valence-electron chi connectivity index (χ3n) is 2.82. The highest BCUT2D eigenvalue weighted by Gasteiger charge is 2.27. The molecule has 0 bridgehead atoms. The molecule has 0 saturated heterocycles. The predicted octanol–water partition coefficient (Wildman–Crippen LogP) is 1.10. The molecule has 1 fully saturated rings. The second-order valence-corrected chi connectivity index (χ2v) is 3.77. The highest BCUT2D eigenvalue weighted by atomic mass is 16.2. The minimum atomic E-state index is -0.142. The Labute approximate surface area is 77.4 Å². The van der Waals surface area contributed by atoms with Crippen molar-refractivity contribution in [1.29, 1.82) is 0 Å². The molecule has 1 saturated carbocycles. The Kier molecular flexibility index (Phi) is 2.17. The van der Waals surface area contributed by atoms with Gasteiger partial charge in [-0.05, 0) is 18.8 Å². The van der Waals surface area contributed by atoms with Crippen molar-refractivity contribution < 1.29 is 9.59 Å². The highest BCUT2D eigenvalue weighted by Crippen LogP contribution is 2.26. The number of hydrogen-bond acceptors (Lipinski definition) is 2. The average Bonchev–Trinajstić information content (AvgIpc) is 2.70. The van der Waals surface area contributed by atoms with Gasteiger partial charge in [-0.2, -0.15) is 0 Å². The lowest BCUT2D eigenvalue weighted by Gasteiger charge is -2.17. The van der Waals surface area contributed by atoms with Gasteiger partial charge in [-0.1, -0.05) is 12.8 Å². The molecule has 0 radical (unpaired) electrons. The first-order chi connectivity index (χ1) is 6.27. The Balaban J connectivity index is 1.94. The van der Waals surface area contributed by atoms with Crippen LogP contribution in [0.2, 0.25) is 0 Å². The maximum atomic E-state index is 11.2. The molecule has 0 aromatic heterocycles. The Hall–Kier alpha value is -1.12. The normalized spacial score (nSPS) is 23.5. The summed E-state index contributed by atoms with van der Waals surface area (Å²) in [6.07, 6.45) is 7.53. The molecule has 13 heavy (non-hydrogen) atoms. The third kappa shape index (κ3) is 1.64. The van der Waals surface area contributed by atoms with Crippen molar-refractivity contribution in [3.63, 3.8) is 0 Å². The summed E-state index contributed by atoms with van der Waals surface area (Å²) in [6, 6.07) is 0. The first-order valence-electron chi connectivity index (χ1n) is 4.81. The van der Waals surface area contributed by atoms with Crippen molar-refractivity contribution in [2.24, 2.45) is 5.92 Å². The summed E-state index contributed by atoms with van der Waals surface area (Å²) in [5, 5.41) is 0. The van der Waals surface area contributed by atoms with Crippen LogP contribution in [0.4, 0.5) is 0 Å². The zero-order valence-corrected chi connectivity index (χ0v) is 7.53. The van der Waals surface area contributed by atoms with Gasteiger partial charge in [0, 0.05) is 18.7 Å². The maximum absolute atomic E-state index is 11.2. The Morgan fingerprint density at radius 3 is 2.23 bits per heavy atom. The third-order valence-corrected chi connectivity index (χ3v) is 2.82. The standard InChI is InChI=1S/C10H13NO2/c12-9-5-6-10(13)11(9)7-8-3-1-2-4-8/h5-6,8H,1-4,7H2. The van der Waals surface area contributed by atoms with E-state index in [-0.39, 0.29) is 11.8 Å². The van der Waals surface area contributed by atoms with E-state index in [0.29, 0.717) is 12.5 Å². The van der Waals surface area contributed by atoms with Crippen LogP contribution in [0.25, 0.3) is 0 Å². The van der Waals surface area contributed by atoms with E-state index >= 15 is 0 Å². The van der Waals surface area contributed by atoms with E-state index in [0.717, 1.165) is 12.8 Å². The van der Waals surface area contributed by atoms with Crippen LogP contribution in [-0.2, 0) is 9.59 Å². The Bertz CT molecular complexity index is 246. The molecule has 2 rings (SSSR count). The van der Waals surface area contributed by atoms with E-state index < -0.39 is 0 Å². The van der Waals surface area contributed by atoms with Crippen molar-refractivity contribution in [1.82, 2.24) is 4.90 Å². The molecule has 0 spiro atoms. The van der Waals surface area contributed by atoms with Crippen LogP contribution in [0.1, 0.15) is 25.7 Å². The van der Waals surface area contributed by atoms with Gasteiger partial charge in [0.15, 0.2) is 0 Å². The minimum Gasteiger partial charge on any atom is -0.275 e.